The lowest BCUT2D eigenvalue weighted by molar-refractivity contribution is -0.139. The lowest BCUT2D eigenvalue weighted by Crippen LogP contribution is -2.43. The zero-order valence-electron chi connectivity index (χ0n) is 8.66. The number of hydrogen-bond acceptors (Lipinski definition) is 3. The number of nitrogens with zero attached hydrogens (tertiary/aromatic N) is 1. The lowest BCUT2D eigenvalue weighted by Gasteiger charge is -2.41. The number of rotatable bonds is 2. The first kappa shape index (κ1) is 9.71. The predicted molar refractivity (Wildman–Crippen MR) is 53.9 cm³/mol. The van der Waals surface area contributed by atoms with Gasteiger partial charge in [-0.25, -0.2) is 0 Å². The third-order valence-corrected chi connectivity index (χ3v) is 3.15. The Hall–Kier alpha value is -0.830. The number of esters is 1. The van der Waals surface area contributed by atoms with Crippen molar-refractivity contribution in [3.8, 4) is 0 Å². The molecule has 3 heterocycles. The summed E-state index contributed by atoms with van der Waals surface area (Å²) in [7, 11) is 0. The minimum Gasteiger partial charge on any atom is -0.462 e. The van der Waals surface area contributed by atoms with Crippen LogP contribution < -0.4 is 0 Å². The Morgan fingerprint density at radius 3 is 2.79 bits per heavy atom. The van der Waals surface area contributed by atoms with Gasteiger partial charge in [-0.3, -0.25) is 9.69 Å². The van der Waals surface area contributed by atoms with Crippen molar-refractivity contribution in [2.75, 3.05) is 26.2 Å². The van der Waals surface area contributed by atoms with Crippen molar-refractivity contribution in [2.24, 2.45) is 5.92 Å². The van der Waals surface area contributed by atoms with Gasteiger partial charge >= 0.3 is 5.97 Å². The van der Waals surface area contributed by atoms with Crippen LogP contribution in [-0.2, 0) is 9.53 Å². The molecule has 3 aliphatic rings. The van der Waals surface area contributed by atoms with Crippen LogP contribution in [0.5, 0.6) is 0 Å². The van der Waals surface area contributed by atoms with Gasteiger partial charge in [0.2, 0.25) is 0 Å². The molecular weight excluding hydrogens is 178 g/mol. The minimum absolute atomic E-state index is 0.192. The van der Waals surface area contributed by atoms with Gasteiger partial charge in [0.1, 0.15) is 6.61 Å². The molecule has 0 spiro atoms. The molecule has 0 aromatic heterocycles. The van der Waals surface area contributed by atoms with Crippen molar-refractivity contribution in [1.82, 2.24) is 4.90 Å². The molecule has 3 fully saturated rings. The summed E-state index contributed by atoms with van der Waals surface area (Å²) < 4.78 is 4.92. The minimum atomic E-state index is -0.192. The Morgan fingerprint density at radius 2 is 2.29 bits per heavy atom. The number of ether oxygens (including phenoxy) is 1. The van der Waals surface area contributed by atoms with Crippen molar-refractivity contribution < 1.29 is 9.53 Å². The van der Waals surface area contributed by atoms with Gasteiger partial charge < -0.3 is 4.74 Å². The van der Waals surface area contributed by atoms with Crippen molar-refractivity contribution >= 4 is 5.97 Å². The number of piperidine rings is 3. The summed E-state index contributed by atoms with van der Waals surface area (Å²) in [5.41, 5.74) is 1.48. The Bertz CT molecular complexity index is 252. The highest BCUT2D eigenvalue weighted by molar-refractivity contribution is 5.66. The second-order valence-electron chi connectivity index (χ2n) is 4.13. The first-order valence-electron chi connectivity index (χ1n) is 5.30. The maximum atomic E-state index is 10.6. The van der Waals surface area contributed by atoms with E-state index in [1.54, 1.807) is 0 Å². The van der Waals surface area contributed by atoms with Crippen LogP contribution in [0.15, 0.2) is 11.6 Å². The number of carbonyl (C=O) groups is 1. The molecule has 0 radical (unpaired) electrons. The van der Waals surface area contributed by atoms with E-state index in [0.717, 1.165) is 12.5 Å². The molecule has 0 saturated carbocycles. The second-order valence-corrected chi connectivity index (χ2v) is 4.13. The second kappa shape index (κ2) is 4.13. The summed E-state index contributed by atoms with van der Waals surface area (Å²) in [5.74, 6) is 0.568. The topological polar surface area (TPSA) is 29.5 Å². The fourth-order valence-electron chi connectivity index (χ4n) is 2.35. The lowest BCUT2D eigenvalue weighted by atomic mass is 9.84. The molecule has 0 N–H and O–H groups in total. The molecule has 3 saturated heterocycles. The zero-order chi connectivity index (χ0) is 9.97. The summed E-state index contributed by atoms with van der Waals surface area (Å²) in [6, 6.07) is 0. The molecule has 0 aromatic carbocycles. The maximum Gasteiger partial charge on any atom is 0.302 e. The van der Waals surface area contributed by atoms with E-state index in [9.17, 15) is 4.79 Å². The SMILES string of the molecule is CC(=O)OCC=C1CN2CCC1CC2. The quantitative estimate of drug-likeness (QED) is 0.490. The molecule has 0 aliphatic carbocycles. The highest BCUT2D eigenvalue weighted by Crippen LogP contribution is 2.31. The molecule has 14 heavy (non-hydrogen) atoms. The van der Waals surface area contributed by atoms with E-state index in [4.69, 9.17) is 4.74 Å². The smallest absolute Gasteiger partial charge is 0.302 e. The molecule has 3 nitrogen and oxygen atoms in total. The third kappa shape index (κ3) is 2.15. The average molecular weight is 195 g/mol. The Kier molecular flexibility index (Phi) is 2.87. The Morgan fingerprint density at radius 1 is 1.57 bits per heavy atom. The van der Waals surface area contributed by atoms with Gasteiger partial charge in [-0.15, -0.1) is 0 Å². The predicted octanol–water partition coefficient (Wildman–Crippen LogP) is 1.20. The van der Waals surface area contributed by atoms with Crippen molar-refractivity contribution in [3.63, 3.8) is 0 Å². The van der Waals surface area contributed by atoms with E-state index in [-0.39, 0.29) is 5.97 Å². The van der Waals surface area contributed by atoms with Crippen LogP contribution in [0.25, 0.3) is 0 Å². The Labute approximate surface area is 84.7 Å². The highest BCUT2D eigenvalue weighted by Gasteiger charge is 2.28. The van der Waals surface area contributed by atoms with Crippen LogP contribution in [0.1, 0.15) is 19.8 Å². The molecule has 3 aliphatic heterocycles. The summed E-state index contributed by atoms with van der Waals surface area (Å²) in [6.45, 7) is 5.49. The van der Waals surface area contributed by atoms with Crippen LogP contribution >= 0.6 is 0 Å². The van der Waals surface area contributed by atoms with Gasteiger partial charge in [-0.2, -0.15) is 0 Å². The summed E-state index contributed by atoms with van der Waals surface area (Å²) in [6.07, 6.45) is 4.66. The third-order valence-electron chi connectivity index (χ3n) is 3.15. The van der Waals surface area contributed by atoms with Gasteiger partial charge in [-0.05, 0) is 37.9 Å². The van der Waals surface area contributed by atoms with Crippen molar-refractivity contribution in [2.45, 2.75) is 19.8 Å². The van der Waals surface area contributed by atoms with Crippen LogP contribution in [0.4, 0.5) is 0 Å². The monoisotopic (exact) mass is 195 g/mol. The van der Waals surface area contributed by atoms with Crippen LogP contribution in [0, 0.1) is 5.92 Å². The van der Waals surface area contributed by atoms with E-state index >= 15 is 0 Å². The van der Waals surface area contributed by atoms with Crippen LogP contribution in [0.3, 0.4) is 0 Å². The molecule has 3 heteroatoms. The summed E-state index contributed by atoms with van der Waals surface area (Å²) in [4.78, 5) is 13.1. The number of carbonyl (C=O) groups excluding carboxylic acids is 1. The largest absolute Gasteiger partial charge is 0.462 e. The van der Waals surface area contributed by atoms with Crippen LogP contribution in [-0.4, -0.2) is 37.1 Å². The fraction of sp³-hybridized carbons (Fsp3) is 0.727. The number of hydrogen-bond donors (Lipinski definition) is 0. The van der Waals surface area contributed by atoms with E-state index in [0.29, 0.717) is 6.61 Å². The summed E-state index contributed by atoms with van der Waals surface area (Å²) in [5, 5.41) is 0. The molecule has 78 valence electrons. The van der Waals surface area contributed by atoms with Crippen molar-refractivity contribution in [1.29, 1.82) is 0 Å². The zero-order valence-corrected chi connectivity index (χ0v) is 8.66. The molecule has 0 amide bonds. The molecule has 2 bridgehead atoms. The fourth-order valence-corrected chi connectivity index (χ4v) is 2.35. The average Bonchev–Trinajstić information content (AvgIpc) is 2.19. The van der Waals surface area contributed by atoms with Gasteiger partial charge in [0.15, 0.2) is 0 Å². The first-order valence-corrected chi connectivity index (χ1v) is 5.30. The first-order chi connectivity index (χ1) is 6.75. The highest BCUT2D eigenvalue weighted by atomic mass is 16.5. The molecule has 0 unspecified atom stereocenters. The maximum absolute atomic E-state index is 10.6. The van der Waals surface area contributed by atoms with Crippen LogP contribution in [0.2, 0.25) is 0 Å². The van der Waals surface area contributed by atoms with E-state index < -0.39 is 0 Å². The summed E-state index contributed by atoms with van der Waals surface area (Å²) >= 11 is 0. The van der Waals surface area contributed by atoms with E-state index in [2.05, 4.69) is 11.0 Å². The standard InChI is InChI=1S/C11H17NO2/c1-9(13)14-7-4-11-8-12-5-2-10(11)3-6-12/h4,10H,2-3,5-8H2,1H3. The van der Waals surface area contributed by atoms with E-state index in [1.807, 2.05) is 0 Å². The van der Waals surface area contributed by atoms with Crippen molar-refractivity contribution in [3.05, 3.63) is 11.6 Å². The van der Waals surface area contributed by atoms with Gasteiger partial charge in [0.25, 0.3) is 0 Å². The van der Waals surface area contributed by atoms with Gasteiger partial charge in [-0.1, -0.05) is 5.57 Å². The number of fused-ring (bicyclic) bond motifs is 3. The van der Waals surface area contributed by atoms with Gasteiger partial charge in [0.05, 0.1) is 0 Å². The molecular formula is C11H17NO2. The van der Waals surface area contributed by atoms with Gasteiger partial charge in [0, 0.05) is 13.5 Å². The molecule has 0 aromatic rings. The van der Waals surface area contributed by atoms with E-state index in [1.165, 1.54) is 38.4 Å². The normalized spacial score (nSPS) is 33.4. The molecule has 0 atom stereocenters. The Balaban J connectivity index is 1.88. The molecule has 3 rings (SSSR count).